The lowest BCUT2D eigenvalue weighted by Gasteiger charge is -2.37. The average molecular weight is 289 g/mol. The number of rotatable bonds is 3. The number of piperazine rings is 1. The number of nitrogens with zero attached hydrogens (tertiary/aromatic N) is 2. The molecule has 1 aliphatic heterocycles. The first-order valence-corrected chi connectivity index (χ1v) is 8.00. The van der Waals surface area contributed by atoms with Crippen molar-refractivity contribution in [3.8, 4) is 0 Å². The number of hydrogen-bond acceptors (Lipinski definition) is 4. The molecule has 21 heavy (non-hydrogen) atoms. The third-order valence-corrected chi connectivity index (χ3v) is 4.88. The van der Waals surface area contributed by atoms with E-state index < -0.39 is 0 Å². The molecule has 0 aromatic heterocycles. The molecule has 0 radical (unpaired) electrons. The predicted molar refractivity (Wildman–Crippen MR) is 86.9 cm³/mol. The van der Waals surface area contributed by atoms with Gasteiger partial charge in [0.25, 0.3) is 0 Å². The predicted octanol–water partition coefficient (Wildman–Crippen LogP) is 1.40. The second kappa shape index (κ2) is 6.34. The Morgan fingerprint density at radius 2 is 1.95 bits per heavy atom. The van der Waals surface area contributed by atoms with Gasteiger partial charge in [0, 0.05) is 45.0 Å². The van der Waals surface area contributed by atoms with E-state index in [9.17, 15) is 0 Å². The fourth-order valence-corrected chi connectivity index (χ4v) is 3.60. The third kappa shape index (κ3) is 3.07. The monoisotopic (exact) mass is 289 g/mol. The van der Waals surface area contributed by atoms with Gasteiger partial charge in [-0.2, -0.15) is 0 Å². The van der Waals surface area contributed by atoms with Crippen molar-refractivity contribution in [2.75, 3.05) is 45.2 Å². The summed E-state index contributed by atoms with van der Waals surface area (Å²) in [6.07, 6.45) is 3.20. The van der Waals surface area contributed by atoms with Crippen LogP contribution in [0.15, 0.2) is 12.1 Å². The number of benzene rings is 1. The minimum Gasteiger partial charge on any atom is -0.380 e. The van der Waals surface area contributed by atoms with Crippen molar-refractivity contribution in [1.82, 2.24) is 4.90 Å². The zero-order valence-electron chi connectivity index (χ0n) is 13.3. The molecule has 0 unspecified atom stereocenters. The van der Waals surface area contributed by atoms with E-state index in [0.29, 0.717) is 12.6 Å². The quantitative estimate of drug-likeness (QED) is 0.913. The molecule has 1 atom stereocenters. The molecular weight excluding hydrogens is 262 g/mol. The van der Waals surface area contributed by atoms with E-state index in [0.717, 1.165) is 45.4 Å². The number of fused-ring (bicyclic) bond motifs is 1. The molecule has 1 aromatic carbocycles. The van der Waals surface area contributed by atoms with Gasteiger partial charge in [-0.05, 0) is 49.1 Å². The van der Waals surface area contributed by atoms with E-state index in [2.05, 4.69) is 29.0 Å². The first-order chi connectivity index (χ1) is 10.2. The van der Waals surface area contributed by atoms with Gasteiger partial charge in [-0.15, -0.1) is 0 Å². The molecule has 0 amide bonds. The lowest BCUT2D eigenvalue weighted by molar-refractivity contribution is 0.184. The minimum absolute atomic E-state index is 0.307. The lowest BCUT2D eigenvalue weighted by Crippen LogP contribution is -2.45. The van der Waals surface area contributed by atoms with Crippen LogP contribution in [0.4, 0.5) is 5.69 Å². The largest absolute Gasteiger partial charge is 0.380 e. The normalized spacial score (nSPS) is 23.2. The fraction of sp³-hybridized carbons (Fsp3) is 0.647. The van der Waals surface area contributed by atoms with E-state index in [4.69, 9.17) is 10.5 Å². The highest BCUT2D eigenvalue weighted by molar-refractivity contribution is 5.60. The molecule has 2 N–H and O–H groups in total. The number of likely N-dealkylation sites (N-methyl/N-ethyl adjacent to an activating group) is 1. The van der Waals surface area contributed by atoms with Crippen LogP contribution in [0.5, 0.6) is 0 Å². The SMILES string of the molecule is COCc1ccc(N2CCN(C)CC2)c2c1CC[C@@H](N)C2. The van der Waals surface area contributed by atoms with Crippen molar-refractivity contribution in [3.05, 3.63) is 28.8 Å². The van der Waals surface area contributed by atoms with Crippen LogP contribution in [0, 0.1) is 0 Å². The molecule has 1 aliphatic carbocycles. The zero-order chi connectivity index (χ0) is 14.8. The van der Waals surface area contributed by atoms with Crippen LogP contribution in [0.2, 0.25) is 0 Å². The van der Waals surface area contributed by atoms with Gasteiger partial charge in [0.2, 0.25) is 0 Å². The van der Waals surface area contributed by atoms with Crippen LogP contribution >= 0.6 is 0 Å². The number of hydrogen-bond donors (Lipinski definition) is 1. The summed E-state index contributed by atoms with van der Waals surface area (Å²) in [5.41, 5.74) is 12.0. The smallest absolute Gasteiger partial charge is 0.0715 e. The lowest BCUT2D eigenvalue weighted by atomic mass is 9.84. The van der Waals surface area contributed by atoms with Gasteiger partial charge in [-0.25, -0.2) is 0 Å². The van der Waals surface area contributed by atoms with E-state index in [-0.39, 0.29) is 0 Å². The molecule has 1 heterocycles. The molecular formula is C17H27N3O. The Balaban J connectivity index is 1.93. The molecule has 116 valence electrons. The third-order valence-electron chi connectivity index (χ3n) is 4.88. The molecule has 1 fully saturated rings. The van der Waals surface area contributed by atoms with E-state index >= 15 is 0 Å². The highest BCUT2D eigenvalue weighted by Gasteiger charge is 2.24. The number of nitrogens with two attached hydrogens (primary N) is 1. The van der Waals surface area contributed by atoms with Crippen LogP contribution in [0.25, 0.3) is 0 Å². The van der Waals surface area contributed by atoms with Gasteiger partial charge >= 0.3 is 0 Å². The zero-order valence-corrected chi connectivity index (χ0v) is 13.3. The molecule has 1 aromatic rings. The maximum atomic E-state index is 6.24. The number of methoxy groups -OCH3 is 1. The maximum absolute atomic E-state index is 6.24. The highest BCUT2D eigenvalue weighted by atomic mass is 16.5. The second-order valence-corrected chi connectivity index (χ2v) is 6.43. The van der Waals surface area contributed by atoms with Crippen LogP contribution in [-0.4, -0.2) is 51.3 Å². The summed E-state index contributed by atoms with van der Waals surface area (Å²) in [6, 6.07) is 4.85. The summed E-state index contributed by atoms with van der Waals surface area (Å²) in [6.45, 7) is 5.21. The average Bonchev–Trinajstić information content (AvgIpc) is 2.49. The molecule has 4 nitrogen and oxygen atoms in total. The van der Waals surface area contributed by atoms with E-state index in [1.165, 1.54) is 22.4 Å². The Morgan fingerprint density at radius 3 is 2.67 bits per heavy atom. The van der Waals surface area contributed by atoms with Gasteiger partial charge in [-0.3, -0.25) is 0 Å². The molecule has 4 heteroatoms. The fourth-order valence-electron chi connectivity index (χ4n) is 3.60. The van der Waals surface area contributed by atoms with Gasteiger partial charge in [0.1, 0.15) is 0 Å². The van der Waals surface area contributed by atoms with Gasteiger partial charge in [0.05, 0.1) is 6.61 Å². The summed E-state index contributed by atoms with van der Waals surface area (Å²) < 4.78 is 5.37. The highest BCUT2D eigenvalue weighted by Crippen LogP contribution is 2.33. The number of ether oxygens (including phenoxy) is 1. The molecule has 3 rings (SSSR count). The van der Waals surface area contributed by atoms with Gasteiger partial charge in [-0.1, -0.05) is 6.07 Å². The van der Waals surface area contributed by atoms with Crippen molar-refractivity contribution in [3.63, 3.8) is 0 Å². The summed E-state index contributed by atoms with van der Waals surface area (Å²) in [4.78, 5) is 4.93. The Hall–Kier alpha value is -1.10. The molecule has 0 bridgehead atoms. The summed E-state index contributed by atoms with van der Waals surface area (Å²) in [5, 5.41) is 0. The van der Waals surface area contributed by atoms with E-state index in [1.807, 2.05) is 0 Å². The Labute approximate surface area is 127 Å². The van der Waals surface area contributed by atoms with Crippen molar-refractivity contribution in [1.29, 1.82) is 0 Å². The Morgan fingerprint density at radius 1 is 1.19 bits per heavy atom. The molecule has 0 saturated carbocycles. The summed E-state index contributed by atoms with van der Waals surface area (Å²) in [5.74, 6) is 0. The Kier molecular flexibility index (Phi) is 4.48. The summed E-state index contributed by atoms with van der Waals surface area (Å²) in [7, 11) is 3.97. The molecule has 1 saturated heterocycles. The minimum atomic E-state index is 0.307. The Bertz CT molecular complexity index is 495. The van der Waals surface area contributed by atoms with Gasteiger partial charge in [0.15, 0.2) is 0 Å². The van der Waals surface area contributed by atoms with Crippen molar-refractivity contribution < 1.29 is 4.74 Å². The first-order valence-electron chi connectivity index (χ1n) is 8.00. The molecule has 0 spiro atoms. The maximum Gasteiger partial charge on any atom is 0.0715 e. The first kappa shape index (κ1) is 14.8. The topological polar surface area (TPSA) is 41.7 Å². The van der Waals surface area contributed by atoms with E-state index in [1.54, 1.807) is 7.11 Å². The number of anilines is 1. The van der Waals surface area contributed by atoms with Crippen LogP contribution < -0.4 is 10.6 Å². The van der Waals surface area contributed by atoms with Crippen LogP contribution in [0.3, 0.4) is 0 Å². The van der Waals surface area contributed by atoms with Crippen molar-refractivity contribution >= 4 is 5.69 Å². The molecule has 2 aliphatic rings. The van der Waals surface area contributed by atoms with Crippen molar-refractivity contribution in [2.24, 2.45) is 5.73 Å². The summed E-state index contributed by atoms with van der Waals surface area (Å²) >= 11 is 0. The van der Waals surface area contributed by atoms with Crippen molar-refractivity contribution in [2.45, 2.75) is 31.9 Å². The second-order valence-electron chi connectivity index (χ2n) is 6.43. The standard InChI is InChI=1S/C17H27N3O/c1-19-7-9-20(10-8-19)17-6-3-13(12-21-2)15-5-4-14(18)11-16(15)17/h3,6,14H,4-5,7-12,18H2,1-2H3/t14-/m1/s1. The van der Waals surface area contributed by atoms with Crippen LogP contribution in [0.1, 0.15) is 23.1 Å². The van der Waals surface area contributed by atoms with Crippen LogP contribution in [-0.2, 0) is 24.2 Å². The van der Waals surface area contributed by atoms with Gasteiger partial charge < -0.3 is 20.3 Å².